The molecule has 0 aliphatic carbocycles. The van der Waals surface area contributed by atoms with Crippen LogP contribution in [0, 0.1) is 0 Å². The first-order valence-electron chi connectivity index (χ1n) is 10.3. The number of carbonyl (C=O) groups excluding carboxylic acids is 2. The van der Waals surface area contributed by atoms with Crippen LogP contribution in [0.3, 0.4) is 0 Å². The van der Waals surface area contributed by atoms with Crippen LogP contribution in [0.15, 0.2) is 48.5 Å². The van der Waals surface area contributed by atoms with E-state index in [-0.39, 0.29) is 23.9 Å². The van der Waals surface area contributed by atoms with Gasteiger partial charge in [0.05, 0.1) is 7.11 Å². The summed E-state index contributed by atoms with van der Waals surface area (Å²) in [7, 11) is 1.63. The van der Waals surface area contributed by atoms with Gasteiger partial charge < -0.3 is 20.3 Å². The number of fused-ring (bicyclic) bond motifs is 1. The van der Waals surface area contributed by atoms with Crippen LogP contribution >= 0.6 is 0 Å². The largest absolute Gasteiger partial charge is 0.497 e. The molecule has 29 heavy (non-hydrogen) atoms. The number of nitrogens with zero attached hydrogens (tertiary/aromatic N) is 1. The summed E-state index contributed by atoms with van der Waals surface area (Å²) in [5, 5.41) is 5.10. The van der Waals surface area contributed by atoms with Crippen LogP contribution in [-0.4, -0.2) is 42.5 Å². The summed E-state index contributed by atoms with van der Waals surface area (Å²) < 4.78 is 5.16. The van der Waals surface area contributed by atoms with E-state index in [0.29, 0.717) is 13.1 Å². The number of benzene rings is 2. The average molecular weight is 394 g/mol. The summed E-state index contributed by atoms with van der Waals surface area (Å²) in [6.45, 7) is 1.92. The normalized spacial score (nSPS) is 20.8. The molecule has 2 aliphatic rings. The van der Waals surface area contributed by atoms with Gasteiger partial charge in [-0.25, -0.2) is 0 Å². The summed E-state index contributed by atoms with van der Waals surface area (Å²) in [5.74, 6) is 0.808. The third kappa shape index (κ3) is 4.27. The van der Waals surface area contributed by atoms with Gasteiger partial charge in [-0.2, -0.15) is 0 Å². The Morgan fingerprint density at radius 2 is 1.90 bits per heavy atom. The Hall–Kier alpha value is -2.86. The lowest BCUT2D eigenvalue weighted by Crippen LogP contribution is -2.93. The van der Waals surface area contributed by atoms with Crippen LogP contribution in [-0.2, 0) is 29.1 Å². The van der Waals surface area contributed by atoms with Gasteiger partial charge in [-0.3, -0.25) is 9.59 Å². The number of nitrogens with two attached hydrogens (primary N) is 1. The molecule has 3 N–H and O–H groups in total. The van der Waals surface area contributed by atoms with Crippen LogP contribution in [0.1, 0.15) is 29.5 Å². The molecule has 4 rings (SSSR count). The van der Waals surface area contributed by atoms with Crippen molar-refractivity contribution in [2.24, 2.45) is 0 Å². The Kier molecular flexibility index (Phi) is 5.81. The summed E-state index contributed by atoms with van der Waals surface area (Å²) in [6.07, 6.45) is 2.32. The molecule has 1 fully saturated rings. The molecular formula is C23H28N3O3+. The lowest BCUT2D eigenvalue weighted by atomic mass is 9.95. The summed E-state index contributed by atoms with van der Waals surface area (Å²) in [6, 6.07) is 15.4. The summed E-state index contributed by atoms with van der Waals surface area (Å²) >= 11 is 0. The maximum absolute atomic E-state index is 13.2. The van der Waals surface area contributed by atoms with E-state index in [1.165, 1.54) is 11.1 Å². The molecule has 0 bridgehead atoms. The minimum absolute atomic E-state index is 0.0668. The molecule has 0 spiro atoms. The maximum Gasteiger partial charge on any atom is 0.281 e. The van der Waals surface area contributed by atoms with E-state index in [9.17, 15) is 9.59 Å². The minimum Gasteiger partial charge on any atom is -0.497 e. The number of amides is 2. The molecule has 6 nitrogen and oxygen atoms in total. The van der Waals surface area contributed by atoms with Crippen molar-refractivity contribution in [1.82, 2.24) is 10.2 Å². The number of hydrogen-bond acceptors (Lipinski definition) is 3. The first kappa shape index (κ1) is 19.5. The van der Waals surface area contributed by atoms with Gasteiger partial charge in [-0.1, -0.05) is 36.4 Å². The molecule has 6 heteroatoms. The van der Waals surface area contributed by atoms with Crippen molar-refractivity contribution in [3.05, 3.63) is 65.2 Å². The van der Waals surface area contributed by atoms with Crippen molar-refractivity contribution >= 4 is 11.8 Å². The first-order chi connectivity index (χ1) is 14.2. The number of ether oxygens (including phenoxy) is 1. The quantitative estimate of drug-likeness (QED) is 0.794. The smallest absolute Gasteiger partial charge is 0.281 e. The van der Waals surface area contributed by atoms with Crippen molar-refractivity contribution in [2.45, 2.75) is 44.4 Å². The van der Waals surface area contributed by atoms with Gasteiger partial charge in [0.2, 0.25) is 5.91 Å². The molecule has 0 radical (unpaired) electrons. The van der Waals surface area contributed by atoms with E-state index in [1.54, 1.807) is 12.0 Å². The number of carbonyl (C=O) groups is 2. The molecule has 152 valence electrons. The Morgan fingerprint density at radius 3 is 2.66 bits per heavy atom. The van der Waals surface area contributed by atoms with Crippen molar-refractivity contribution in [3.63, 3.8) is 0 Å². The van der Waals surface area contributed by atoms with Crippen LogP contribution in [0.4, 0.5) is 0 Å². The van der Waals surface area contributed by atoms with Gasteiger partial charge in [-0.15, -0.1) is 0 Å². The number of likely N-dealkylation sites (tertiary alicyclic amines) is 1. The van der Waals surface area contributed by atoms with Crippen LogP contribution in [0.25, 0.3) is 0 Å². The standard InChI is InChI=1S/C23H27N3O3/c1-29-19-10-8-16(9-11-19)14-25-22(27)21-7-4-12-26(21)23(28)20-13-17-5-2-3-6-18(17)15-24-20/h2-3,5-6,8-11,20-21,24H,4,7,12-15H2,1H3,(H,25,27)/p+1/t20-,21-/m0/s1. The molecule has 2 aromatic carbocycles. The lowest BCUT2D eigenvalue weighted by molar-refractivity contribution is -0.695. The highest BCUT2D eigenvalue weighted by molar-refractivity contribution is 5.90. The van der Waals surface area contributed by atoms with Crippen LogP contribution in [0.2, 0.25) is 0 Å². The Bertz CT molecular complexity index is 881. The van der Waals surface area contributed by atoms with Gasteiger partial charge in [0.25, 0.3) is 5.91 Å². The fourth-order valence-electron chi connectivity index (χ4n) is 4.30. The zero-order chi connectivity index (χ0) is 20.2. The molecule has 2 aromatic rings. The fraction of sp³-hybridized carbons (Fsp3) is 0.391. The molecule has 0 aromatic heterocycles. The van der Waals surface area contributed by atoms with Gasteiger partial charge in [0, 0.05) is 25.1 Å². The van der Waals surface area contributed by atoms with E-state index >= 15 is 0 Å². The third-order valence-electron chi connectivity index (χ3n) is 5.96. The molecule has 0 unspecified atom stereocenters. The zero-order valence-corrected chi connectivity index (χ0v) is 16.8. The number of rotatable bonds is 5. The van der Waals surface area contributed by atoms with Gasteiger partial charge in [-0.05, 0) is 36.1 Å². The molecule has 2 amide bonds. The second-order valence-electron chi connectivity index (χ2n) is 7.77. The number of hydrogen-bond donors (Lipinski definition) is 2. The molecule has 0 saturated carbocycles. The highest BCUT2D eigenvalue weighted by atomic mass is 16.5. The van der Waals surface area contributed by atoms with E-state index in [0.717, 1.165) is 37.1 Å². The lowest BCUT2D eigenvalue weighted by Gasteiger charge is -2.29. The maximum atomic E-state index is 13.2. The Balaban J connectivity index is 1.36. The Morgan fingerprint density at radius 1 is 1.14 bits per heavy atom. The van der Waals surface area contributed by atoms with E-state index in [2.05, 4.69) is 22.8 Å². The molecular weight excluding hydrogens is 366 g/mol. The van der Waals surface area contributed by atoms with E-state index in [1.807, 2.05) is 36.4 Å². The second kappa shape index (κ2) is 8.66. The zero-order valence-electron chi connectivity index (χ0n) is 16.8. The van der Waals surface area contributed by atoms with Crippen molar-refractivity contribution in [1.29, 1.82) is 0 Å². The Labute approximate surface area is 171 Å². The number of nitrogens with one attached hydrogen (secondary N) is 1. The average Bonchev–Trinajstić information content (AvgIpc) is 3.27. The highest BCUT2D eigenvalue weighted by Gasteiger charge is 2.39. The van der Waals surface area contributed by atoms with Crippen molar-refractivity contribution in [3.8, 4) is 5.75 Å². The van der Waals surface area contributed by atoms with Gasteiger partial charge in [0.15, 0.2) is 6.04 Å². The van der Waals surface area contributed by atoms with Crippen LogP contribution in [0.5, 0.6) is 5.75 Å². The van der Waals surface area contributed by atoms with E-state index in [4.69, 9.17) is 4.74 Å². The first-order valence-corrected chi connectivity index (χ1v) is 10.3. The monoisotopic (exact) mass is 394 g/mol. The van der Waals surface area contributed by atoms with E-state index < -0.39 is 0 Å². The van der Waals surface area contributed by atoms with Crippen molar-refractivity contribution < 1.29 is 19.6 Å². The van der Waals surface area contributed by atoms with Gasteiger partial charge >= 0.3 is 0 Å². The summed E-state index contributed by atoms with van der Waals surface area (Å²) in [4.78, 5) is 27.8. The minimum atomic E-state index is -0.369. The molecule has 2 aliphatic heterocycles. The number of quaternary nitrogens is 1. The fourth-order valence-corrected chi connectivity index (χ4v) is 4.30. The molecule has 2 heterocycles. The molecule has 1 saturated heterocycles. The van der Waals surface area contributed by atoms with Gasteiger partial charge in [0.1, 0.15) is 18.3 Å². The number of methoxy groups -OCH3 is 1. The highest BCUT2D eigenvalue weighted by Crippen LogP contribution is 2.21. The van der Waals surface area contributed by atoms with Crippen molar-refractivity contribution in [2.75, 3.05) is 13.7 Å². The summed E-state index contributed by atoms with van der Waals surface area (Å²) in [5.41, 5.74) is 3.55. The SMILES string of the molecule is COc1ccc(CNC(=O)[C@@H]2CCCN2C(=O)[C@@H]2Cc3ccccc3C[NH2+]2)cc1. The predicted octanol–water partition coefficient (Wildman–Crippen LogP) is 0.991. The third-order valence-corrected chi connectivity index (χ3v) is 5.96. The second-order valence-corrected chi connectivity index (χ2v) is 7.77. The molecule has 2 atom stereocenters. The van der Waals surface area contributed by atoms with Crippen LogP contribution < -0.4 is 15.4 Å². The predicted molar refractivity (Wildman–Crippen MR) is 109 cm³/mol. The topological polar surface area (TPSA) is 75.2 Å².